The minimum atomic E-state index is 0.542. The van der Waals surface area contributed by atoms with Crippen molar-refractivity contribution < 1.29 is 15.0 Å². The molecule has 3 aromatic rings. The van der Waals surface area contributed by atoms with E-state index < -0.39 is 0 Å². The molecule has 0 radical (unpaired) electrons. The Labute approximate surface area is 163 Å². The van der Waals surface area contributed by atoms with Crippen molar-refractivity contribution in [2.45, 2.75) is 19.3 Å². The van der Waals surface area contributed by atoms with Crippen molar-refractivity contribution in [3.05, 3.63) is 65.0 Å². The Morgan fingerprint density at radius 3 is 2.52 bits per heavy atom. The first-order valence-electron chi connectivity index (χ1n) is 8.93. The Morgan fingerprint density at radius 2 is 1.85 bits per heavy atom. The average Bonchev–Trinajstić information content (AvgIpc) is 3.19. The zero-order valence-electron chi connectivity index (χ0n) is 15.3. The highest BCUT2D eigenvalue weighted by Crippen LogP contribution is 2.26. The molecule has 0 fully saturated rings. The average molecular weight is 385 g/mol. The highest BCUT2D eigenvalue weighted by atomic mass is 35.5. The molecule has 0 atom stereocenters. The minimum absolute atomic E-state index is 0.542. The molecule has 0 bridgehead atoms. The van der Waals surface area contributed by atoms with Gasteiger partial charge in [-0.2, -0.15) is 4.98 Å². The maximum atomic E-state index is 5.98. The van der Waals surface area contributed by atoms with E-state index in [2.05, 4.69) is 22.0 Å². The quantitative estimate of drug-likeness (QED) is 0.586. The second kappa shape index (κ2) is 9.35. The van der Waals surface area contributed by atoms with E-state index in [1.54, 1.807) is 7.11 Å². The summed E-state index contributed by atoms with van der Waals surface area (Å²) in [5.74, 6) is 1.89. The van der Waals surface area contributed by atoms with Gasteiger partial charge in [0, 0.05) is 16.2 Å². The number of aromatic nitrogens is 2. The summed E-state index contributed by atoms with van der Waals surface area (Å²) in [4.78, 5) is 4.60. The fraction of sp³-hybridized carbons (Fsp3) is 0.238. The number of nitrogens with zero attached hydrogens (tertiary/aromatic N) is 2. The van der Waals surface area contributed by atoms with Crippen LogP contribution in [0.4, 0.5) is 0 Å². The molecule has 2 aromatic carbocycles. The molecule has 3 rings (SSSR count). The van der Waals surface area contributed by atoms with Crippen molar-refractivity contribution >= 4 is 23.3 Å². The number of halogens is 1. The van der Waals surface area contributed by atoms with Gasteiger partial charge in [-0.1, -0.05) is 28.9 Å². The van der Waals surface area contributed by atoms with Crippen LogP contribution >= 0.6 is 11.6 Å². The lowest BCUT2D eigenvalue weighted by Gasteiger charge is -2.03. The SMILES string of the molecule is COc1ccc(-c2noc(/C(=C/c3ccc(Cl)cc3)CCCC[NH3+])n2)cc1. The molecule has 0 saturated carbocycles. The fourth-order valence-corrected chi connectivity index (χ4v) is 2.83. The molecule has 5 nitrogen and oxygen atoms in total. The van der Waals surface area contributed by atoms with Gasteiger partial charge in [-0.15, -0.1) is 0 Å². The highest BCUT2D eigenvalue weighted by Gasteiger charge is 2.13. The molecule has 27 heavy (non-hydrogen) atoms. The second-order valence-corrected chi connectivity index (χ2v) is 6.62. The molecule has 6 heteroatoms. The number of allylic oxidation sites excluding steroid dienone is 1. The van der Waals surface area contributed by atoms with E-state index in [4.69, 9.17) is 20.9 Å². The predicted octanol–water partition coefficient (Wildman–Crippen LogP) is 4.35. The van der Waals surface area contributed by atoms with Gasteiger partial charge < -0.3 is 15.0 Å². The summed E-state index contributed by atoms with van der Waals surface area (Å²) in [5, 5.41) is 4.86. The Bertz CT molecular complexity index is 887. The third kappa shape index (κ3) is 5.18. The number of rotatable bonds is 8. The van der Waals surface area contributed by atoms with Crippen LogP contribution in [0.3, 0.4) is 0 Å². The highest BCUT2D eigenvalue weighted by molar-refractivity contribution is 6.30. The molecule has 1 aromatic heterocycles. The number of ether oxygens (including phenoxy) is 1. The van der Waals surface area contributed by atoms with E-state index >= 15 is 0 Å². The number of unbranched alkanes of at least 4 members (excludes halogenated alkanes) is 1. The number of hydrogen-bond acceptors (Lipinski definition) is 4. The van der Waals surface area contributed by atoms with E-state index in [-0.39, 0.29) is 0 Å². The van der Waals surface area contributed by atoms with Crippen LogP contribution in [0.2, 0.25) is 5.02 Å². The number of quaternary nitrogens is 1. The van der Waals surface area contributed by atoms with Crippen LogP contribution in [0.1, 0.15) is 30.7 Å². The summed E-state index contributed by atoms with van der Waals surface area (Å²) < 4.78 is 10.8. The standard InChI is InChI=1S/C21H22ClN3O2/c1-26-19-11-7-16(8-12-19)20-24-21(27-25-20)17(4-2-3-13-23)14-15-5-9-18(22)10-6-15/h5-12,14H,2-4,13,23H2,1H3/p+1/b17-14+. The molecule has 140 valence electrons. The van der Waals surface area contributed by atoms with Crippen LogP contribution in [0.5, 0.6) is 5.75 Å². The Balaban J connectivity index is 1.87. The van der Waals surface area contributed by atoms with Gasteiger partial charge in [0.25, 0.3) is 5.89 Å². The smallest absolute Gasteiger partial charge is 0.254 e. The molecular weight excluding hydrogens is 362 g/mol. The Kier molecular flexibility index (Phi) is 6.63. The number of hydrogen-bond donors (Lipinski definition) is 1. The summed E-state index contributed by atoms with van der Waals surface area (Å²) in [7, 11) is 1.64. The molecule has 0 amide bonds. The lowest BCUT2D eigenvalue weighted by atomic mass is 10.0. The van der Waals surface area contributed by atoms with Crippen LogP contribution in [0.25, 0.3) is 23.0 Å². The summed E-state index contributed by atoms with van der Waals surface area (Å²) in [6.07, 6.45) is 4.99. The number of benzene rings is 2. The molecule has 0 aliphatic heterocycles. The largest absolute Gasteiger partial charge is 0.497 e. The molecule has 0 aliphatic rings. The topological polar surface area (TPSA) is 75.8 Å². The molecule has 3 N–H and O–H groups in total. The second-order valence-electron chi connectivity index (χ2n) is 6.18. The molecule has 0 saturated heterocycles. The van der Waals surface area contributed by atoms with Gasteiger partial charge in [0.05, 0.1) is 13.7 Å². The van der Waals surface area contributed by atoms with Gasteiger partial charge in [-0.05, 0) is 67.3 Å². The molecule has 0 aliphatic carbocycles. The van der Waals surface area contributed by atoms with Crippen LogP contribution in [-0.4, -0.2) is 23.8 Å². The van der Waals surface area contributed by atoms with Crippen molar-refractivity contribution in [1.29, 1.82) is 0 Å². The van der Waals surface area contributed by atoms with Crippen molar-refractivity contribution in [2.24, 2.45) is 0 Å². The lowest BCUT2D eigenvalue weighted by molar-refractivity contribution is -0.368. The first-order chi connectivity index (χ1) is 13.2. The van der Waals surface area contributed by atoms with Crippen molar-refractivity contribution in [3.63, 3.8) is 0 Å². The monoisotopic (exact) mass is 384 g/mol. The van der Waals surface area contributed by atoms with Crippen molar-refractivity contribution in [3.8, 4) is 17.1 Å². The lowest BCUT2D eigenvalue weighted by Crippen LogP contribution is -2.50. The minimum Gasteiger partial charge on any atom is -0.497 e. The van der Waals surface area contributed by atoms with Gasteiger partial charge in [0.2, 0.25) is 5.82 Å². The normalized spacial score (nSPS) is 11.6. The third-order valence-corrected chi connectivity index (χ3v) is 4.46. The molecule has 0 spiro atoms. The summed E-state index contributed by atoms with van der Waals surface area (Å²) in [5.41, 5.74) is 6.86. The molecular formula is C21H23ClN3O2+. The van der Waals surface area contributed by atoms with E-state index in [0.29, 0.717) is 16.7 Å². The zero-order valence-corrected chi connectivity index (χ0v) is 16.1. The maximum absolute atomic E-state index is 5.98. The van der Waals surface area contributed by atoms with E-state index in [9.17, 15) is 0 Å². The van der Waals surface area contributed by atoms with Gasteiger partial charge in [-0.25, -0.2) is 0 Å². The van der Waals surface area contributed by atoms with Crippen LogP contribution < -0.4 is 10.5 Å². The van der Waals surface area contributed by atoms with Gasteiger partial charge >= 0.3 is 0 Å². The predicted molar refractivity (Wildman–Crippen MR) is 107 cm³/mol. The van der Waals surface area contributed by atoms with Gasteiger partial charge in [0.15, 0.2) is 0 Å². The Hall–Kier alpha value is -2.63. The van der Waals surface area contributed by atoms with Crippen LogP contribution in [-0.2, 0) is 0 Å². The molecule has 1 heterocycles. The summed E-state index contributed by atoms with van der Waals surface area (Å²) >= 11 is 5.98. The first kappa shape index (κ1) is 19.1. The van der Waals surface area contributed by atoms with Crippen molar-refractivity contribution in [1.82, 2.24) is 10.1 Å². The van der Waals surface area contributed by atoms with Crippen molar-refractivity contribution in [2.75, 3.05) is 13.7 Å². The zero-order chi connectivity index (χ0) is 19.1. The maximum Gasteiger partial charge on any atom is 0.254 e. The number of methoxy groups -OCH3 is 1. The van der Waals surface area contributed by atoms with Gasteiger partial charge in [-0.3, -0.25) is 0 Å². The fourth-order valence-electron chi connectivity index (χ4n) is 2.70. The Morgan fingerprint density at radius 1 is 1.11 bits per heavy atom. The third-order valence-electron chi connectivity index (χ3n) is 4.21. The van der Waals surface area contributed by atoms with E-state index in [0.717, 1.165) is 48.3 Å². The first-order valence-corrected chi connectivity index (χ1v) is 9.31. The van der Waals surface area contributed by atoms with E-state index in [1.165, 1.54) is 0 Å². The summed E-state index contributed by atoms with van der Waals surface area (Å²) in [6.45, 7) is 0.912. The van der Waals surface area contributed by atoms with Crippen LogP contribution in [0.15, 0.2) is 53.1 Å². The molecule has 0 unspecified atom stereocenters. The van der Waals surface area contributed by atoms with E-state index in [1.807, 2.05) is 48.5 Å². The van der Waals surface area contributed by atoms with Gasteiger partial charge in [0.1, 0.15) is 5.75 Å². The summed E-state index contributed by atoms with van der Waals surface area (Å²) in [6, 6.07) is 15.3. The van der Waals surface area contributed by atoms with Crippen LogP contribution in [0, 0.1) is 0 Å².